The summed E-state index contributed by atoms with van der Waals surface area (Å²) in [4.78, 5) is 25.8. The molecule has 0 spiro atoms. The van der Waals surface area contributed by atoms with E-state index in [-0.39, 0.29) is 5.91 Å². The average molecular weight is 288 g/mol. The molecule has 0 saturated carbocycles. The van der Waals surface area contributed by atoms with Crippen molar-refractivity contribution in [3.8, 4) is 0 Å². The molecule has 1 saturated heterocycles. The van der Waals surface area contributed by atoms with Crippen molar-refractivity contribution in [2.45, 2.75) is 31.7 Å². The molecule has 0 bridgehead atoms. The van der Waals surface area contributed by atoms with Crippen LogP contribution in [0.1, 0.15) is 36.5 Å². The van der Waals surface area contributed by atoms with Gasteiger partial charge < -0.3 is 10.0 Å². The Labute approximate surface area is 120 Å². The number of likely N-dealkylation sites (tertiary alicyclic amines) is 1. The van der Waals surface area contributed by atoms with Crippen LogP contribution in [0.3, 0.4) is 0 Å². The molecule has 7 nitrogen and oxygen atoms in total. The van der Waals surface area contributed by atoms with E-state index in [9.17, 15) is 14.7 Å². The van der Waals surface area contributed by atoms with E-state index < -0.39 is 11.5 Å². The first-order chi connectivity index (χ1) is 10.1. The molecular weight excluding hydrogens is 272 g/mol. The van der Waals surface area contributed by atoms with Crippen LogP contribution in [0.2, 0.25) is 0 Å². The Kier molecular flexibility index (Phi) is 3.12. The molecule has 0 aliphatic carbocycles. The number of carboxylic acid groups (broad SMARTS) is 1. The van der Waals surface area contributed by atoms with Crippen molar-refractivity contribution in [1.82, 2.24) is 20.3 Å². The Hall–Kier alpha value is -2.44. The first-order valence-corrected chi connectivity index (χ1v) is 6.94. The van der Waals surface area contributed by atoms with Gasteiger partial charge in [-0.15, -0.1) is 0 Å². The van der Waals surface area contributed by atoms with Crippen molar-refractivity contribution in [2.75, 3.05) is 6.54 Å². The lowest BCUT2D eigenvalue weighted by atomic mass is 9.92. The molecule has 110 valence electrons. The number of fused-ring (bicyclic) bond motifs is 1. The Morgan fingerprint density at radius 2 is 2.14 bits per heavy atom. The average Bonchev–Trinajstić information content (AvgIpc) is 3.12. The third-order valence-corrected chi connectivity index (χ3v) is 4.28. The first-order valence-electron chi connectivity index (χ1n) is 6.94. The number of aliphatic carboxylic acids is 1. The second-order valence-corrected chi connectivity index (χ2v) is 5.28. The molecule has 2 aromatic rings. The lowest BCUT2D eigenvalue weighted by Crippen LogP contribution is -2.52. The zero-order valence-electron chi connectivity index (χ0n) is 11.7. The minimum atomic E-state index is -1.09. The molecule has 2 N–H and O–H groups in total. The van der Waals surface area contributed by atoms with Gasteiger partial charge in [-0.05, 0) is 37.5 Å². The van der Waals surface area contributed by atoms with Crippen LogP contribution in [0.15, 0.2) is 18.2 Å². The maximum atomic E-state index is 12.7. The van der Waals surface area contributed by atoms with Gasteiger partial charge in [0.25, 0.3) is 5.91 Å². The lowest BCUT2D eigenvalue weighted by Gasteiger charge is -2.33. The molecule has 1 aromatic carbocycles. The SMILES string of the molecule is CCC1(C(=O)O)CCCN1C(=O)c1ccc2n[nH]nc2c1. The quantitative estimate of drug-likeness (QED) is 0.890. The third-order valence-electron chi connectivity index (χ3n) is 4.28. The summed E-state index contributed by atoms with van der Waals surface area (Å²) in [5.41, 5.74) is 0.623. The van der Waals surface area contributed by atoms with Gasteiger partial charge in [0.05, 0.1) is 0 Å². The summed E-state index contributed by atoms with van der Waals surface area (Å²) < 4.78 is 0. The summed E-state index contributed by atoms with van der Waals surface area (Å²) in [6.45, 7) is 2.27. The smallest absolute Gasteiger partial charge is 0.329 e. The van der Waals surface area contributed by atoms with Gasteiger partial charge in [-0.1, -0.05) is 6.92 Å². The van der Waals surface area contributed by atoms with Gasteiger partial charge in [-0.3, -0.25) is 4.79 Å². The number of nitrogens with zero attached hydrogens (tertiary/aromatic N) is 3. The Morgan fingerprint density at radius 1 is 1.38 bits per heavy atom. The second-order valence-electron chi connectivity index (χ2n) is 5.28. The van der Waals surface area contributed by atoms with Gasteiger partial charge in [-0.25, -0.2) is 4.79 Å². The van der Waals surface area contributed by atoms with Crippen LogP contribution in [-0.4, -0.2) is 49.4 Å². The van der Waals surface area contributed by atoms with E-state index in [0.717, 1.165) is 0 Å². The lowest BCUT2D eigenvalue weighted by molar-refractivity contribution is -0.148. The maximum absolute atomic E-state index is 12.7. The molecule has 7 heteroatoms. The van der Waals surface area contributed by atoms with E-state index in [1.807, 2.05) is 0 Å². The normalized spacial score (nSPS) is 21.9. The highest BCUT2D eigenvalue weighted by Gasteiger charge is 2.48. The fourth-order valence-corrected chi connectivity index (χ4v) is 3.04. The van der Waals surface area contributed by atoms with Crippen molar-refractivity contribution >= 4 is 22.9 Å². The predicted molar refractivity (Wildman–Crippen MR) is 74.8 cm³/mol. The molecule has 1 aromatic heterocycles. The number of benzene rings is 1. The standard InChI is InChI=1S/C14H16N4O3/c1-2-14(13(20)21)6-3-7-18(14)12(19)9-4-5-10-11(8-9)16-17-15-10/h4-5,8H,2-3,6-7H2,1H3,(H,20,21)(H,15,16,17). The van der Waals surface area contributed by atoms with Crippen LogP contribution < -0.4 is 0 Å². The number of amides is 1. The highest BCUT2D eigenvalue weighted by molar-refractivity contribution is 6.00. The van der Waals surface area contributed by atoms with Crippen molar-refractivity contribution in [3.05, 3.63) is 23.8 Å². The van der Waals surface area contributed by atoms with Crippen LogP contribution in [0.5, 0.6) is 0 Å². The highest BCUT2D eigenvalue weighted by atomic mass is 16.4. The summed E-state index contributed by atoms with van der Waals surface area (Å²) in [5, 5.41) is 19.9. The molecule has 1 amide bonds. The fraction of sp³-hybridized carbons (Fsp3) is 0.429. The topological polar surface area (TPSA) is 99.2 Å². The minimum Gasteiger partial charge on any atom is -0.479 e. The number of aromatic nitrogens is 3. The fourth-order valence-electron chi connectivity index (χ4n) is 3.04. The summed E-state index contributed by atoms with van der Waals surface area (Å²) >= 11 is 0. The van der Waals surface area contributed by atoms with Crippen molar-refractivity contribution in [2.24, 2.45) is 0 Å². The van der Waals surface area contributed by atoms with Crippen LogP contribution in [0.25, 0.3) is 11.0 Å². The number of aromatic amines is 1. The first kappa shape index (κ1) is 13.5. The minimum absolute atomic E-state index is 0.262. The number of rotatable bonds is 3. The molecule has 21 heavy (non-hydrogen) atoms. The number of hydrogen-bond donors (Lipinski definition) is 2. The largest absolute Gasteiger partial charge is 0.479 e. The second kappa shape index (κ2) is 4.83. The molecule has 1 aliphatic heterocycles. The van der Waals surface area contributed by atoms with E-state index in [1.165, 1.54) is 4.90 Å². The van der Waals surface area contributed by atoms with Gasteiger partial charge in [0.15, 0.2) is 0 Å². The molecular formula is C14H16N4O3. The van der Waals surface area contributed by atoms with Crippen LogP contribution >= 0.6 is 0 Å². The number of H-pyrrole nitrogens is 1. The predicted octanol–water partition coefficient (Wildman–Crippen LogP) is 1.43. The summed E-state index contributed by atoms with van der Waals surface area (Å²) in [7, 11) is 0. The molecule has 1 unspecified atom stereocenters. The van der Waals surface area contributed by atoms with Gasteiger partial charge in [0.2, 0.25) is 0 Å². The monoisotopic (exact) mass is 288 g/mol. The summed E-state index contributed by atoms with van der Waals surface area (Å²) in [6, 6.07) is 5.01. The highest BCUT2D eigenvalue weighted by Crippen LogP contribution is 2.34. The number of nitrogens with one attached hydrogen (secondary N) is 1. The van der Waals surface area contributed by atoms with E-state index in [2.05, 4.69) is 15.4 Å². The number of carbonyl (C=O) groups is 2. The summed E-state index contributed by atoms with van der Waals surface area (Å²) in [6.07, 6.45) is 1.61. The van der Waals surface area contributed by atoms with E-state index in [1.54, 1.807) is 25.1 Å². The van der Waals surface area contributed by atoms with Gasteiger partial charge in [-0.2, -0.15) is 15.4 Å². The van der Waals surface area contributed by atoms with Crippen LogP contribution in [0.4, 0.5) is 0 Å². The van der Waals surface area contributed by atoms with Crippen LogP contribution in [0, 0.1) is 0 Å². The zero-order chi connectivity index (χ0) is 15.0. The Morgan fingerprint density at radius 3 is 2.86 bits per heavy atom. The molecule has 0 radical (unpaired) electrons. The number of carboxylic acids is 1. The van der Waals surface area contributed by atoms with E-state index in [4.69, 9.17) is 0 Å². The molecule has 1 atom stereocenters. The Balaban J connectivity index is 1.98. The molecule has 1 aliphatic rings. The van der Waals surface area contributed by atoms with Gasteiger partial charge in [0.1, 0.15) is 16.6 Å². The van der Waals surface area contributed by atoms with Crippen molar-refractivity contribution in [3.63, 3.8) is 0 Å². The van der Waals surface area contributed by atoms with Crippen molar-refractivity contribution in [1.29, 1.82) is 0 Å². The molecule has 1 fully saturated rings. The third kappa shape index (κ3) is 1.96. The number of hydrogen-bond acceptors (Lipinski definition) is 4. The number of carbonyl (C=O) groups excluding carboxylic acids is 1. The summed E-state index contributed by atoms with van der Waals surface area (Å²) in [5.74, 6) is -1.19. The Bertz CT molecular complexity index is 711. The van der Waals surface area contributed by atoms with Crippen molar-refractivity contribution < 1.29 is 14.7 Å². The van der Waals surface area contributed by atoms with E-state index in [0.29, 0.717) is 42.4 Å². The van der Waals surface area contributed by atoms with Crippen LogP contribution in [-0.2, 0) is 4.79 Å². The molecule has 2 heterocycles. The maximum Gasteiger partial charge on any atom is 0.329 e. The van der Waals surface area contributed by atoms with E-state index >= 15 is 0 Å². The van der Waals surface area contributed by atoms with Gasteiger partial charge in [0, 0.05) is 12.1 Å². The molecule has 3 rings (SSSR count). The zero-order valence-corrected chi connectivity index (χ0v) is 11.7. The van der Waals surface area contributed by atoms with Gasteiger partial charge >= 0.3 is 5.97 Å².